The number of rotatable bonds is 9. The molecule has 2 aromatic carbocycles. The minimum Gasteiger partial charge on any atom is -0.504 e. The molecule has 6 heteroatoms. The van der Waals surface area contributed by atoms with E-state index in [4.69, 9.17) is 20.9 Å². The van der Waals surface area contributed by atoms with Crippen molar-refractivity contribution in [3.05, 3.63) is 35.4 Å². The second-order valence-electron chi connectivity index (χ2n) is 7.13. The predicted octanol–water partition coefficient (Wildman–Crippen LogP) is 3.34. The van der Waals surface area contributed by atoms with Crippen LogP contribution in [0.15, 0.2) is 24.3 Å². The first kappa shape index (κ1) is 21.9. The van der Waals surface area contributed by atoms with Gasteiger partial charge in [0.05, 0.1) is 14.2 Å². The number of nitrogens with two attached hydrogens (primary N) is 2. The molecule has 0 spiro atoms. The fraction of sp³-hybridized carbons (Fsp3) is 0.455. The third-order valence-electron chi connectivity index (χ3n) is 5.04. The highest BCUT2D eigenvalue weighted by molar-refractivity contribution is 5.81. The third-order valence-corrected chi connectivity index (χ3v) is 5.04. The zero-order chi connectivity index (χ0) is 20.8. The highest BCUT2D eigenvalue weighted by atomic mass is 16.5. The highest BCUT2D eigenvalue weighted by Crippen LogP contribution is 2.45. The van der Waals surface area contributed by atoms with E-state index in [1.165, 1.54) is 14.2 Å². The maximum atomic E-state index is 10.7. The van der Waals surface area contributed by atoms with Gasteiger partial charge in [0, 0.05) is 23.2 Å². The van der Waals surface area contributed by atoms with Gasteiger partial charge in [0.1, 0.15) is 0 Å². The lowest BCUT2D eigenvalue weighted by atomic mass is 9.94. The molecule has 0 aromatic heterocycles. The molecule has 2 unspecified atom stereocenters. The summed E-state index contributed by atoms with van der Waals surface area (Å²) in [5.41, 5.74) is 15.0. The van der Waals surface area contributed by atoms with Crippen LogP contribution in [0.3, 0.4) is 0 Å². The Morgan fingerprint density at radius 2 is 1.11 bits per heavy atom. The van der Waals surface area contributed by atoms with Crippen LogP contribution in [0, 0.1) is 0 Å². The van der Waals surface area contributed by atoms with Gasteiger partial charge >= 0.3 is 0 Å². The van der Waals surface area contributed by atoms with Crippen LogP contribution in [0.1, 0.15) is 37.8 Å². The first-order chi connectivity index (χ1) is 13.3. The zero-order valence-corrected chi connectivity index (χ0v) is 17.2. The molecule has 0 saturated carbocycles. The summed E-state index contributed by atoms with van der Waals surface area (Å²) in [5.74, 6) is 0.603. The first-order valence-electron chi connectivity index (χ1n) is 9.65. The minimum absolute atomic E-state index is 0.000816. The summed E-state index contributed by atoms with van der Waals surface area (Å²) in [4.78, 5) is 0. The number of methoxy groups -OCH3 is 2. The molecule has 2 aromatic rings. The van der Waals surface area contributed by atoms with Crippen LogP contribution in [-0.4, -0.2) is 36.5 Å². The second-order valence-corrected chi connectivity index (χ2v) is 7.13. The van der Waals surface area contributed by atoms with Gasteiger partial charge in [0.25, 0.3) is 0 Å². The van der Waals surface area contributed by atoms with E-state index in [1.807, 2.05) is 26.0 Å². The van der Waals surface area contributed by atoms with Crippen molar-refractivity contribution in [1.29, 1.82) is 0 Å². The highest BCUT2D eigenvalue weighted by Gasteiger charge is 2.20. The summed E-state index contributed by atoms with van der Waals surface area (Å²) in [6.07, 6.45) is 2.95. The fourth-order valence-electron chi connectivity index (χ4n) is 3.18. The maximum absolute atomic E-state index is 10.7. The average Bonchev–Trinajstić information content (AvgIpc) is 2.70. The monoisotopic (exact) mass is 388 g/mol. The van der Waals surface area contributed by atoms with Crippen molar-refractivity contribution in [2.45, 2.75) is 51.6 Å². The van der Waals surface area contributed by atoms with Crippen LogP contribution in [0.5, 0.6) is 23.0 Å². The molecule has 0 bridgehead atoms. The topological polar surface area (TPSA) is 111 Å². The van der Waals surface area contributed by atoms with Gasteiger partial charge in [-0.1, -0.05) is 13.8 Å². The van der Waals surface area contributed by atoms with Gasteiger partial charge in [0.15, 0.2) is 23.0 Å². The first-order valence-corrected chi connectivity index (χ1v) is 9.65. The standard InChI is InChI=1S/C22H32N2O4/c1-5-15(23)7-13-9-17(21(25)19(11-13)27-3)18-10-14(8-16(24)6-2)12-20(28-4)22(18)26/h9-12,15-16,25-26H,5-8,23-24H2,1-4H3. The minimum atomic E-state index is -0.0365. The molecule has 0 fully saturated rings. The van der Waals surface area contributed by atoms with Gasteiger partial charge in [-0.25, -0.2) is 0 Å². The molecular formula is C22H32N2O4. The Kier molecular flexibility index (Phi) is 7.54. The maximum Gasteiger partial charge on any atom is 0.165 e. The van der Waals surface area contributed by atoms with Gasteiger partial charge in [-0.2, -0.15) is 0 Å². The molecule has 28 heavy (non-hydrogen) atoms. The Hall–Kier alpha value is -2.44. The summed E-state index contributed by atoms with van der Waals surface area (Å²) < 4.78 is 10.7. The molecule has 154 valence electrons. The number of aromatic hydroxyl groups is 2. The van der Waals surface area contributed by atoms with Crippen molar-refractivity contribution in [2.24, 2.45) is 11.5 Å². The third kappa shape index (κ3) is 4.88. The molecule has 0 amide bonds. The van der Waals surface area contributed by atoms with Gasteiger partial charge in [0.2, 0.25) is 0 Å². The molecule has 6 nitrogen and oxygen atoms in total. The Balaban J connectivity index is 2.64. The summed E-state index contributed by atoms with van der Waals surface area (Å²) >= 11 is 0. The predicted molar refractivity (Wildman–Crippen MR) is 112 cm³/mol. The van der Waals surface area contributed by atoms with Crippen molar-refractivity contribution in [2.75, 3.05) is 14.2 Å². The summed E-state index contributed by atoms with van der Waals surface area (Å²) in [7, 11) is 3.00. The van der Waals surface area contributed by atoms with E-state index < -0.39 is 0 Å². The van der Waals surface area contributed by atoms with Crippen molar-refractivity contribution in [1.82, 2.24) is 0 Å². The number of phenols is 2. The number of hydrogen-bond acceptors (Lipinski definition) is 6. The lowest BCUT2D eigenvalue weighted by molar-refractivity contribution is 0.370. The lowest BCUT2D eigenvalue weighted by Crippen LogP contribution is -2.21. The van der Waals surface area contributed by atoms with Gasteiger partial charge in [-0.3, -0.25) is 0 Å². The van der Waals surface area contributed by atoms with Crippen LogP contribution in [0.2, 0.25) is 0 Å². The van der Waals surface area contributed by atoms with E-state index >= 15 is 0 Å². The van der Waals surface area contributed by atoms with E-state index in [1.54, 1.807) is 12.1 Å². The van der Waals surface area contributed by atoms with E-state index in [9.17, 15) is 10.2 Å². The van der Waals surface area contributed by atoms with Gasteiger partial charge in [-0.15, -0.1) is 0 Å². The Bertz CT molecular complexity index is 740. The van der Waals surface area contributed by atoms with Crippen LogP contribution < -0.4 is 20.9 Å². The normalized spacial score (nSPS) is 13.2. The smallest absolute Gasteiger partial charge is 0.165 e. The largest absolute Gasteiger partial charge is 0.504 e. The van der Waals surface area contributed by atoms with Gasteiger partial charge < -0.3 is 31.2 Å². The van der Waals surface area contributed by atoms with Crippen molar-refractivity contribution >= 4 is 0 Å². The Morgan fingerprint density at radius 1 is 0.750 bits per heavy atom. The van der Waals surface area contributed by atoms with Crippen LogP contribution in [-0.2, 0) is 12.8 Å². The SMILES string of the molecule is CCC(N)Cc1cc(OC)c(O)c(-c2cc(CC(N)CC)cc(OC)c2O)c1. The average molecular weight is 389 g/mol. The van der Waals surface area contributed by atoms with E-state index in [0.29, 0.717) is 35.5 Å². The fourth-order valence-corrected chi connectivity index (χ4v) is 3.18. The van der Waals surface area contributed by atoms with Crippen LogP contribution in [0.25, 0.3) is 11.1 Å². The molecule has 0 heterocycles. The molecule has 6 N–H and O–H groups in total. The molecule has 2 rings (SSSR count). The van der Waals surface area contributed by atoms with Crippen LogP contribution >= 0.6 is 0 Å². The number of benzene rings is 2. The van der Waals surface area contributed by atoms with Crippen molar-refractivity contribution in [3.63, 3.8) is 0 Å². The summed E-state index contributed by atoms with van der Waals surface area (Å²) in [6, 6.07) is 7.23. The molecule has 0 saturated heterocycles. The summed E-state index contributed by atoms with van der Waals surface area (Å²) in [6.45, 7) is 4.06. The zero-order valence-electron chi connectivity index (χ0n) is 17.2. The molecule has 0 radical (unpaired) electrons. The van der Waals surface area contributed by atoms with E-state index in [2.05, 4.69) is 0 Å². The number of phenolic OH excluding ortho intramolecular Hbond substituents is 2. The molecular weight excluding hydrogens is 356 g/mol. The number of hydrogen-bond donors (Lipinski definition) is 4. The van der Waals surface area contributed by atoms with Crippen molar-refractivity contribution in [3.8, 4) is 34.1 Å². The summed E-state index contributed by atoms with van der Waals surface area (Å²) in [5, 5.41) is 21.5. The van der Waals surface area contributed by atoms with Crippen molar-refractivity contribution < 1.29 is 19.7 Å². The number of ether oxygens (including phenoxy) is 2. The second kappa shape index (κ2) is 9.66. The Labute approximate surface area is 167 Å². The van der Waals surface area contributed by atoms with Crippen LogP contribution in [0.4, 0.5) is 0 Å². The van der Waals surface area contributed by atoms with E-state index in [-0.39, 0.29) is 23.6 Å². The van der Waals surface area contributed by atoms with E-state index in [0.717, 1.165) is 24.0 Å². The molecule has 0 aliphatic carbocycles. The quantitative estimate of drug-likeness (QED) is 0.524. The Morgan fingerprint density at radius 3 is 1.39 bits per heavy atom. The molecule has 2 atom stereocenters. The van der Waals surface area contributed by atoms with Gasteiger partial charge in [-0.05, 0) is 61.1 Å². The lowest BCUT2D eigenvalue weighted by Gasteiger charge is -2.18. The molecule has 0 aliphatic rings. The molecule has 0 aliphatic heterocycles.